The van der Waals surface area contributed by atoms with Crippen LogP contribution >= 0.6 is 0 Å². The highest BCUT2D eigenvalue weighted by Crippen LogP contribution is 2.23. The minimum Gasteiger partial charge on any atom is -0.444 e. The van der Waals surface area contributed by atoms with E-state index in [2.05, 4.69) is 30.4 Å². The van der Waals surface area contributed by atoms with Crippen molar-refractivity contribution in [3.63, 3.8) is 0 Å². The van der Waals surface area contributed by atoms with Gasteiger partial charge in [0.05, 0.1) is 0 Å². The van der Waals surface area contributed by atoms with E-state index in [1.54, 1.807) is 49.9 Å². The van der Waals surface area contributed by atoms with Crippen molar-refractivity contribution in [1.82, 2.24) is 15.5 Å². The van der Waals surface area contributed by atoms with Gasteiger partial charge in [-0.2, -0.15) is 0 Å². The standard InChI is InChI=1S/C28H43N3O4/c1-7-10-12-14-20-31(24(32)21-30-27(34)35-28(4,5)6)25(26(33)29-19-13-11-8-2)23-17-15-22(9-3)16-18-23/h3,15-18,25H,7-8,10-14,19-21H2,1-2,4-6H3,(H,29,33)(H,30,34). The van der Waals surface area contributed by atoms with Gasteiger partial charge in [0.2, 0.25) is 11.8 Å². The number of ether oxygens (including phenoxy) is 1. The van der Waals surface area contributed by atoms with Crippen LogP contribution in [0.4, 0.5) is 4.79 Å². The molecular weight excluding hydrogens is 442 g/mol. The number of amides is 3. The Bertz CT molecular complexity index is 837. The number of terminal acetylenes is 1. The van der Waals surface area contributed by atoms with E-state index in [9.17, 15) is 14.4 Å². The predicted octanol–water partition coefficient (Wildman–Crippen LogP) is 4.95. The fraction of sp³-hybridized carbons (Fsp3) is 0.607. The van der Waals surface area contributed by atoms with E-state index in [-0.39, 0.29) is 18.4 Å². The number of hydrogen-bond acceptors (Lipinski definition) is 4. The van der Waals surface area contributed by atoms with Gasteiger partial charge in [0, 0.05) is 18.7 Å². The second kappa shape index (κ2) is 15.8. The van der Waals surface area contributed by atoms with Crippen LogP contribution in [0.25, 0.3) is 0 Å². The molecule has 1 atom stereocenters. The van der Waals surface area contributed by atoms with Crippen molar-refractivity contribution in [3.05, 3.63) is 35.4 Å². The monoisotopic (exact) mass is 485 g/mol. The van der Waals surface area contributed by atoms with E-state index >= 15 is 0 Å². The van der Waals surface area contributed by atoms with Crippen LogP contribution in [0.2, 0.25) is 0 Å². The molecule has 0 spiro atoms. The second-order valence-electron chi connectivity index (χ2n) is 9.67. The van der Waals surface area contributed by atoms with Crippen molar-refractivity contribution >= 4 is 17.9 Å². The lowest BCUT2D eigenvalue weighted by atomic mass is 10.0. The summed E-state index contributed by atoms with van der Waals surface area (Å²) in [5.74, 6) is 1.99. The first kappa shape index (κ1) is 30.0. The molecule has 2 N–H and O–H groups in total. The number of rotatable bonds is 14. The maximum atomic E-state index is 13.4. The Labute approximate surface area is 211 Å². The predicted molar refractivity (Wildman–Crippen MR) is 140 cm³/mol. The summed E-state index contributed by atoms with van der Waals surface area (Å²) in [6.07, 6.45) is 11.6. The fourth-order valence-electron chi connectivity index (χ4n) is 3.59. The van der Waals surface area contributed by atoms with Crippen molar-refractivity contribution in [3.8, 4) is 12.3 Å². The van der Waals surface area contributed by atoms with Crippen LogP contribution in [0.15, 0.2) is 24.3 Å². The molecular formula is C28H43N3O4. The van der Waals surface area contributed by atoms with Crippen LogP contribution in [0, 0.1) is 12.3 Å². The molecule has 1 rings (SSSR count). The summed E-state index contributed by atoms with van der Waals surface area (Å²) in [5, 5.41) is 5.53. The lowest BCUT2D eigenvalue weighted by Crippen LogP contribution is -2.48. The Balaban J connectivity index is 3.16. The summed E-state index contributed by atoms with van der Waals surface area (Å²) < 4.78 is 5.26. The second-order valence-corrected chi connectivity index (χ2v) is 9.67. The van der Waals surface area contributed by atoms with Gasteiger partial charge in [-0.25, -0.2) is 4.79 Å². The summed E-state index contributed by atoms with van der Waals surface area (Å²) in [7, 11) is 0. The van der Waals surface area contributed by atoms with Gasteiger partial charge in [-0.15, -0.1) is 6.42 Å². The molecule has 0 aliphatic heterocycles. The van der Waals surface area contributed by atoms with Gasteiger partial charge in [-0.05, 0) is 51.3 Å². The van der Waals surface area contributed by atoms with Gasteiger partial charge in [-0.1, -0.05) is 64.0 Å². The number of benzene rings is 1. The number of carbonyl (C=O) groups is 3. The highest BCUT2D eigenvalue weighted by atomic mass is 16.6. The average molecular weight is 486 g/mol. The first-order chi connectivity index (χ1) is 16.6. The van der Waals surface area contributed by atoms with E-state index in [4.69, 9.17) is 11.2 Å². The SMILES string of the molecule is C#Cc1ccc(C(C(=O)NCCCCC)N(CCCCCC)C(=O)CNC(=O)OC(C)(C)C)cc1. The maximum Gasteiger partial charge on any atom is 0.408 e. The lowest BCUT2D eigenvalue weighted by molar-refractivity contribution is -0.140. The lowest BCUT2D eigenvalue weighted by Gasteiger charge is -2.32. The van der Waals surface area contributed by atoms with Gasteiger partial charge in [0.15, 0.2) is 0 Å². The number of nitrogens with zero attached hydrogens (tertiary/aromatic N) is 1. The third kappa shape index (κ3) is 11.8. The molecule has 7 heteroatoms. The van der Waals surface area contributed by atoms with Crippen LogP contribution < -0.4 is 10.6 Å². The quantitative estimate of drug-likeness (QED) is 0.288. The number of unbranched alkanes of at least 4 members (excludes halogenated alkanes) is 5. The molecule has 0 saturated heterocycles. The molecule has 35 heavy (non-hydrogen) atoms. The van der Waals surface area contributed by atoms with E-state index in [1.807, 2.05) is 0 Å². The Morgan fingerprint density at radius 3 is 2.17 bits per heavy atom. The molecule has 194 valence electrons. The molecule has 1 aromatic carbocycles. The number of carbonyl (C=O) groups excluding carboxylic acids is 3. The largest absolute Gasteiger partial charge is 0.444 e. The Kier molecular flexibility index (Phi) is 13.6. The number of alkyl carbamates (subject to hydrolysis) is 1. The van der Waals surface area contributed by atoms with Gasteiger partial charge in [0.1, 0.15) is 18.2 Å². The first-order valence-corrected chi connectivity index (χ1v) is 12.7. The maximum absolute atomic E-state index is 13.4. The third-order valence-corrected chi connectivity index (χ3v) is 5.39. The highest BCUT2D eigenvalue weighted by Gasteiger charge is 2.31. The molecule has 0 aliphatic rings. The van der Waals surface area contributed by atoms with Crippen LogP contribution in [0.3, 0.4) is 0 Å². The summed E-state index contributed by atoms with van der Waals surface area (Å²) in [6, 6.07) is 6.30. The minimum atomic E-state index is -0.821. The van der Waals surface area contributed by atoms with Crippen molar-refractivity contribution < 1.29 is 19.1 Å². The van der Waals surface area contributed by atoms with Gasteiger partial charge >= 0.3 is 6.09 Å². The molecule has 0 fully saturated rings. The van der Waals surface area contributed by atoms with Crippen molar-refractivity contribution in [1.29, 1.82) is 0 Å². The van der Waals surface area contributed by atoms with E-state index in [0.717, 1.165) is 44.9 Å². The molecule has 3 amide bonds. The first-order valence-electron chi connectivity index (χ1n) is 12.7. The highest BCUT2D eigenvalue weighted by molar-refractivity contribution is 5.90. The summed E-state index contributed by atoms with van der Waals surface area (Å²) in [4.78, 5) is 40.4. The van der Waals surface area contributed by atoms with Crippen LogP contribution in [-0.2, 0) is 14.3 Å². The molecule has 1 aromatic rings. The molecule has 0 aliphatic carbocycles. The smallest absolute Gasteiger partial charge is 0.408 e. The van der Waals surface area contributed by atoms with E-state index in [0.29, 0.717) is 24.2 Å². The molecule has 7 nitrogen and oxygen atoms in total. The van der Waals surface area contributed by atoms with Crippen LogP contribution in [0.1, 0.15) is 96.7 Å². The van der Waals surface area contributed by atoms with Crippen LogP contribution in [0.5, 0.6) is 0 Å². The van der Waals surface area contributed by atoms with Gasteiger partial charge < -0.3 is 20.3 Å². The topological polar surface area (TPSA) is 87.7 Å². The fourth-order valence-corrected chi connectivity index (χ4v) is 3.59. The van der Waals surface area contributed by atoms with Gasteiger partial charge in [0.25, 0.3) is 0 Å². The van der Waals surface area contributed by atoms with Crippen molar-refractivity contribution in [2.45, 2.75) is 91.2 Å². The Morgan fingerprint density at radius 2 is 1.60 bits per heavy atom. The van der Waals surface area contributed by atoms with Crippen molar-refractivity contribution in [2.24, 2.45) is 0 Å². The minimum absolute atomic E-state index is 0.240. The zero-order chi connectivity index (χ0) is 26.3. The van der Waals surface area contributed by atoms with E-state index < -0.39 is 17.7 Å². The van der Waals surface area contributed by atoms with Crippen molar-refractivity contribution in [2.75, 3.05) is 19.6 Å². The molecule has 0 heterocycles. The van der Waals surface area contributed by atoms with Gasteiger partial charge in [-0.3, -0.25) is 9.59 Å². The number of nitrogens with one attached hydrogen (secondary N) is 2. The summed E-state index contributed by atoms with van der Waals surface area (Å²) in [6.45, 7) is 10.2. The molecule has 1 unspecified atom stereocenters. The molecule has 0 radical (unpaired) electrons. The zero-order valence-electron chi connectivity index (χ0n) is 22.1. The Hall–Kier alpha value is -3.01. The number of hydrogen-bond donors (Lipinski definition) is 2. The zero-order valence-corrected chi connectivity index (χ0v) is 22.1. The van der Waals surface area contributed by atoms with Crippen LogP contribution in [-0.4, -0.2) is 48.0 Å². The summed E-state index contributed by atoms with van der Waals surface area (Å²) >= 11 is 0. The van der Waals surface area contributed by atoms with E-state index in [1.165, 1.54) is 0 Å². The average Bonchev–Trinajstić information content (AvgIpc) is 2.81. The molecule has 0 saturated carbocycles. The normalized spacial score (nSPS) is 11.8. The molecule has 0 bridgehead atoms. The molecule has 0 aromatic heterocycles. The third-order valence-electron chi connectivity index (χ3n) is 5.39. The Morgan fingerprint density at radius 1 is 0.971 bits per heavy atom. The summed E-state index contributed by atoms with van der Waals surface area (Å²) in [5.41, 5.74) is 0.702.